The molecule has 0 saturated carbocycles. The van der Waals surface area contributed by atoms with Gasteiger partial charge in [0.1, 0.15) is 0 Å². The Bertz CT molecular complexity index is 672. The minimum absolute atomic E-state index is 0.102. The van der Waals surface area contributed by atoms with Crippen molar-refractivity contribution in [2.24, 2.45) is 0 Å². The summed E-state index contributed by atoms with van der Waals surface area (Å²) in [6.07, 6.45) is 1.74. The molecule has 2 aromatic rings. The van der Waals surface area contributed by atoms with E-state index in [-0.39, 0.29) is 5.91 Å². The molecule has 3 heterocycles. The molecule has 0 aliphatic carbocycles. The van der Waals surface area contributed by atoms with Crippen LogP contribution >= 0.6 is 0 Å². The Morgan fingerprint density at radius 2 is 2.32 bits per heavy atom. The highest BCUT2D eigenvalue weighted by Crippen LogP contribution is 2.15. The van der Waals surface area contributed by atoms with Crippen molar-refractivity contribution in [2.75, 3.05) is 13.1 Å². The molecule has 0 spiro atoms. The molecule has 118 valence electrons. The second-order valence-corrected chi connectivity index (χ2v) is 5.72. The number of aromatic nitrogens is 4. The number of hydrogen-bond acceptors (Lipinski definition) is 4. The van der Waals surface area contributed by atoms with Crippen molar-refractivity contribution in [2.45, 2.75) is 39.8 Å². The highest BCUT2D eigenvalue weighted by molar-refractivity contribution is 5.94. The van der Waals surface area contributed by atoms with Crippen molar-refractivity contribution in [3.63, 3.8) is 0 Å². The summed E-state index contributed by atoms with van der Waals surface area (Å²) in [7, 11) is 0. The fraction of sp³-hybridized carbons (Fsp3) is 0.533. The van der Waals surface area contributed by atoms with Gasteiger partial charge in [0.2, 0.25) is 0 Å². The van der Waals surface area contributed by atoms with Gasteiger partial charge in [-0.25, -0.2) is 0 Å². The van der Waals surface area contributed by atoms with Crippen molar-refractivity contribution in [3.8, 4) is 0 Å². The third-order valence-corrected chi connectivity index (χ3v) is 3.96. The van der Waals surface area contributed by atoms with Crippen LogP contribution in [0, 0.1) is 13.8 Å². The third kappa shape index (κ3) is 3.04. The number of rotatable bonds is 5. The quantitative estimate of drug-likeness (QED) is 0.709. The van der Waals surface area contributed by atoms with Gasteiger partial charge in [-0.2, -0.15) is 10.2 Å². The topological polar surface area (TPSA) is 87.6 Å². The summed E-state index contributed by atoms with van der Waals surface area (Å²) in [5, 5.41) is 17.7. The first-order valence-corrected chi connectivity index (χ1v) is 7.71. The molecule has 0 aromatic carbocycles. The van der Waals surface area contributed by atoms with Gasteiger partial charge in [0.25, 0.3) is 5.91 Å². The number of amides is 1. The van der Waals surface area contributed by atoms with E-state index in [1.54, 1.807) is 0 Å². The molecular formula is C15H22N6O. The molecule has 0 atom stereocenters. The maximum Gasteiger partial charge on any atom is 0.272 e. The molecule has 3 rings (SSSR count). The standard InChI is InChI=1S/C15H22N6O/c1-10-8-11(2)21(20-10)7-3-5-17-15(22)14-12-9-16-6-4-13(12)18-19-14/h8,16H,3-7,9H2,1-2H3,(H,17,22)(H,18,19). The summed E-state index contributed by atoms with van der Waals surface area (Å²) in [6, 6.07) is 2.06. The van der Waals surface area contributed by atoms with Crippen LogP contribution < -0.4 is 10.6 Å². The number of carbonyl (C=O) groups is 1. The molecule has 3 N–H and O–H groups in total. The monoisotopic (exact) mass is 302 g/mol. The lowest BCUT2D eigenvalue weighted by molar-refractivity contribution is 0.0946. The van der Waals surface area contributed by atoms with E-state index in [2.05, 4.69) is 32.0 Å². The van der Waals surface area contributed by atoms with Crippen LogP contribution in [0.5, 0.6) is 0 Å². The first-order valence-electron chi connectivity index (χ1n) is 7.71. The van der Waals surface area contributed by atoms with Gasteiger partial charge < -0.3 is 10.6 Å². The van der Waals surface area contributed by atoms with Crippen molar-refractivity contribution >= 4 is 5.91 Å². The molecule has 1 aliphatic heterocycles. The van der Waals surface area contributed by atoms with Crippen molar-refractivity contribution in [1.82, 2.24) is 30.6 Å². The zero-order chi connectivity index (χ0) is 15.5. The SMILES string of the molecule is Cc1cc(C)n(CCCNC(=O)c2n[nH]c3c2CNCC3)n1. The summed E-state index contributed by atoms with van der Waals surface area (Å²) < 4.78 is 1.97. The molecule has 2 aromatic heterocycles. The molecule has 1 aliphatic rings. The Morgan fingerprint density at radius 1 is 1.45 bits per heavy atom. The van der Waals surface area contributed by atoms with E-state index in [1.807, 2.05) is 18.5 Å². The Kier molecular flexibility index (Phi) is 4.24. The van der Waals surface area contributed by atoms with Gasteiger partial charge in [0, 0.05) is 49.6 Å². The van der Waals surface area contributed by atoms with E-state index in [0.29, 0.717) is 18.8 Å². The van der Waals surface area contributed by atoms with Gasteiger partial charge in [-0.3, -0.25) is 14.6 Å². The van der Waals surface area contributed by atoms with Crippen LogP contribution in [-0.4, -0.2) is 39.0 Å². The average Bonchev–Trinajstić information content (AvgIpc) is 3.06. The van der Waals surface area contributed by atoms with Crippen molar-refractivity contribution in [3.05, 3.63) is 34.4 Å². The predicted octanol–water partition coefficient (Wildman–Crippen LogP) is 0.689. The summed E-state index contributed by atoms with van der Waals surface area (Å²) in [4.78, 5) is 12.2. The fourth-order valence-electron chi connectivity index (χ4n) is 2.83. The summed E-state index contributed by atoms with van der Waals surface area (Å²) in [6.45, 7) is 7.09. The van der Waals surface area contributed by atoms with Gasteiger partial charge >= 0.3 is 0 Å². The maximum absolute atomic E-state index is 12.2. The van der Waals surface area contributed by atoms with E-state index in [0.717, 1.165) is 48.6 Å². The average molecular weight is 302 g/mol. The number of aromatic amines is 1. The number of aryl methyl sites for hydroxylation is 3. The summed E-state index contributed by atoms with van der Waals surface area (Å²) in [5.74, 6) is -0.102. The molecule has 0 fully saturated rings. The highest BCUT2D eigenvalue weighted by atomic mass is 16.1. The molecule has 0 unspecified atom stereocenters. The normalized spacial score (nSPS) is 13.9. The second-order valence-electron chi connectivity index (χ2n) is 5.72. The van der Waals surface area contributed by atoms with Gasteiger partial charge in [0.05, 0.1) is 5.69 Å². The van der Waals surface area contributed by atoms with Gasteiger partial charge in [-0.1, -0.05) is 0 Å². The first-order chi connectivity index (χ1) is 10.6. The molecule has 0 saturated heterocycles. The van der Waals surface area contributed by atoms with Crippen molar-refractivity contribution in [1.29, 1.82) is 0 Å². The Labute approximate surface area is 129 Å². The van der Waals surface area contributed by atoms with Crippen LogP contribution in [-0.2, 0) is 19.5 Å². The number of carbonyl (C=O) groups excluding carboxylic acids is 1. The first kappa shape index (κ1) is 14.8. The molecule has 22 heavy (non-hydrogen) atoms. The van der Waals surface area contributed by atoms with E-state index >= 15 is 0 Å². The van der Waals surface area contributed by atoms with E-state index < -0.39 is 0 Å². The van der Waals surface area contributed by atoms with E-state index in [9.17, 15) is 4.79 Å². The number of H-pyrrole nitrogens is 1. The van der Waals surface area contributed by atoms with Crippen LogP contribution in [0.4, 0.5) is 0 Å². The molecule has 0 bridgehead atoms. The van der Waals surface area contributed by atoms with E-state index in [1.165, 1.54) is 0 Å². The Balaban J connectivity index is 1.50. The lowest BCUT2D eigenvalue weighted by Gasteiger charge is -2.12. The molecular weight excluding hydrogens is 280 g/mol. The predicted molar refractivity (Wildman–Crippen MR) is 82.6 cm³/mol. The van der Waals surface area contributed by atoms with Gasteiger partial charge in [0.15, 0.2) is 5.69 Å². The minimum atomic E-state index is -0.102. The highest BCUT2D eigenvalue weighted by Gasteiger charge is 2.21. The Morgan fingerprint density at radius 3 is 3.09 bits per heavy atom. The number of nitrogens with one attached hydrogen (secondary N) is 3. The number of hydrogen-bond donors (Lipinski definition) is 3. The second kappa shape index (κ2) is 6.31. The van der Waals surface area contributed by atoms with Crippen LogP contribution in [0.25, 0.3) is 0 Å². The lowest BCUT2D eigenvalue weighted by Crippen LogP contribution is -2.29. The number of nitrogens with zero attached hydrogens (tertiary/aromatic N) is 3. The van der Waals surface area contributed by atoms with Crippen LogP contribution in [0.3, 0.4) is 0 Å². The minimum Gasteiger partial charge on any atom is -0.351 e. The molecule has 1 amide bonds. The fourth-order valence-corrected chi connectivity index (χ4v) is 2.83. The molecule has 0 radical (unpaired) electrons. The Hall–Kier alpha value is -2.15. The molecule has 7 nitrogen and oxygen atoms in total. The largest absolute Gasteiger partial charge is 0.351 e. The van der Waals surface area contributed by atoms with Crippen LogP contribution in [0.1, 0.15) is 39.6 Å². The van der Waals surface area contributed by atoms with Crippen LogP contribution in [0.2, 0.25) is 0 Å². The lowest BCUT2D eigenvalue weighted by atomic mass is 10.1. The van der Waals surface area contributed by atoms with Crippen LogP contribution in [0.15, 0.2) is 6.07 Å². The molecule has 7 heteroatoms. The summed E-state index contributed by atoms with van der Waals surface area (Å²) in [5.41, 5.74) is 4.77. The van der Waals surface area contributed by atoms with Crippen molar-refractivity contribution < 1.29 is 4.79 Å². The maximum atomic E-state index is 12.2. The van der Waals surface area contributed by atoms with E-state index in [4.69, 9.17) is 0 Å². The van der Waals surface area contributed by atoms with Gasteiger partial charge in [-0.15, -0.1) is 0 Å². The third-order valence-electron chi connectivity index (χ3n) is 3.96. The zero-order valence-corrected chi connectivity index (χ0v) is 13.1. The summed E-state index contributed by atoms with van der Waals surface area (Å²) >= 11 is 0. The number of fused-ring (bicyclic) bond motifs is 1. The smallest absolute Gasteiger partial charge is 0.272 e. The van der Waals surface area contributed by atoms with Gasteiger partial charge in [-0.05, 0) is 26.3 Å². The zero-order valence-electron chi connectivity index (χ0n) is 13.1.